The van der Waals surface area contributed by atoms with Gasteiger partial charge in [-0.1, -0.05) is 30.3 Å². The van der Waals surface area contributed by atoms with Crippen molar-refractivity contribution in [3.05, 3.63) is 83.7 Å². The first-order valence-electron chi connectivity index (χ1n) is 8.48. The van der Waals surface area contributed by atoms with E-state index in [0.717, 1.165) is 12.8 Å². The first kappa shape index (κ1) is 16.4. The Bertz CT molecular complexity index is 949. The molecule has 1 amide bonds. The van der Waals surface area contributed by atoms with E-state index < -0.39 is 5.82 Å². The van der Waals surface area contributed by atoms with Crippen LogP contribution >= 0.6 is 0 Å². The minimum Gasteiger partial charge on any atom is -0.330 e. The number of rotatable bonds is 5. The summed E-state index contributed by atoms with van der Waals surface area (Å²) >= 11 is 0. The van der Waals surface area contributed by atoms with Crippen molar-refractivity contribution in [2.45, 2.75) is 25.4 Å². The van der Waals surface area contributed by atoms with Crippen LogP contribution in [0.25, 0.3) is 5.69 Å². The van der Waals surface area contributed by atoms with Crippen molar-refractivity contribution < 1.29 is 13.6 Å². The van der Waals surface area contributed by atoms with Gasteiger partial charge in [0.05, 0.1) is 0 Å². The molecule has 0 spiro atoms. The van der Waals surface area contributed by atoms with Gasteiger partial charge in [0.1, 0.15) is 17.3 Å². The normalized spacial score (nSPS) is 13.6. The molecule has 1 aromatic heterocycles. The Hall–Kier alpha value is -3.02. The van der Waals surface area contributed by atoms with Crippen LogP contribution in [0.1, 0.15) is 28.9 Å². The largest absolute Gasteiger partial charge is 0.330 e. The molecule has 3 aromatic rings. The molecule has 0 radical (unpaired) electrons. The number of nitrogens with zero attached hydrogens (tertiary/aromatic N) is 3. The number of amides is 1. The summed E-state index contributed by atoms with van der Waals surface area (Å²) in [6.07, 6.45) is 3.35. The first-order chi connectivity index (χ1) is 12.6. The SMILES string of the molecule is O=C(c1ccn(-c2ccccc2F)n1)N(Cc1ccccc1F)C1CC1. The molecule has 26 heavy (non-hydrogen) atoms. The fourth-order valence-electron chi connectivity index (χ4n) is 2.92. The maximum Gasteiger partial charge on any atom is 0.274 e. The molecule has 0 saturated heterocycles. The van der Waals surface area contributed by atoms with Crippen LogP contribution in [-0.2, 0) is 6.54 Å². The van der Waals surface area contributed by atoms with Gasteiger partial charge in [-0.05, 0) is 37.1 Å². The van der Waals surface area contributed by atoms with Gasteiger partial charge in [0.2, 0.25) is 0 Å². The summed E-state index contributed by atoms with van der Waals surface area (Å²) in [6.45, 7) is 0.197. The average molecular weight is 353 g/mol. The van der Waals surface area contributed by atoms with Crippen LogP contribution in [0.2, 0.25) is 0 Å². The number of aromatic nitrogens is 2. The highest BCUT2D eigenvalue weighted by molar-refractivity contribution is 5.92. The number of carbonyl (C=O) groups is 1. The van der Waals surface area contributed by atoms with E-state index in [-0.39, 0.29) is 35.7 Å². The molecule has 0 N–H and O–H groups in total. The first-order valence-corrected chi connectivity index (χ1v) is 8.48. The van der Waals surface area contributed by atoms with Crippen molar-refractivity contribution in [3.63, 3.8) is 0 Å². The summed E-state index contributed by atoms with van der Waals surface area (Å²) in [5.74, 6) is -1.02. The number of carbonyl (C=O) groups excluding carboxylic acids is 1. The zero-order valence-corrected chi connectivity index (χ0v) is 14.0. The third-order valence-electron chi connectivity index (χ3n) is 4.45. The third-order valence-corrected chi connectivity index (χ3v) is 4.45. The summed E-state index contributed by atoms with van der Waals surface area (Å²) in [4.78, 5) is 14.6. The second-order valence-electron chi connectivity index (χ2n) is 6.35. The number of benzene rings is 2. The molecule has 4 nitrogen and oxygen atoms in total. The second-order valence-corrected chi connectivity index (χ2v) is 6.35. The van der Waals surface area contributed by atoms with E-state index in [1.165, 1.54) is 16.8 Å². The van der Waals surface area contributed by atoms with E-state index >= 15 is 0 Å². The molecular weight excluding hydrogens is 336 g/mol. The Balaban J connectivity index is 1.59. The van der Waals surface area contributed by atoms with E-state index in [9.17, 15) is 13.6 Å². The lowest BCUT2D eigenvalue weighted by atomic mass is 10.2. The van der Waals surface area contributed by atoms with Crippen LogP contribution in [-0.4, -0.2) is 26.6 Å². The lowest BCUT2D eigenvalue weighted by Gasteiger charge is -2.21. The molecule has 0 bridgehead atoms. The van der Waals surface area contributed by atoms with Crippen LogP contribution in [0.5, 0.6) is 0 Å². The number of para-hydroxylation sites is 1. The summed E-state index contributed by atoms with van der Waals surface area (Å²) in [7, 11) is 0. The minimum absolute atomic E-state index is 0.0979. The predicted octanol–water partition coefficient (Wildman–Crippen LogP) is 3.96. The molecule has 1 heterocycles. The van der Waals surface area contributed by atoms with Gasteiger partial charge in [-0.25, -0.2) is 13.5 Å². The molecular formula is C20H17F2N3O. The number of hydrogen-bond donors (Lipinski definition) is 0. The Morgan fingerprint density at radius 2 is 1.73 bits per heavy atom. The highest BCUT2D eigenvalue weighted by Gasteiger charge is 2.34. The molecule has 0 aliphatic heterocycles. The molecule has 132 valence electrons. The summed E-state index contributed by atoms with van der Waals surface area (Å²) in [5, 5.41) is 4.23. The summed E-state index contributed by atoms with van der Waals surface area (Å²) in [6, 6.07) is 14.3. The van der Waals surface area contributed by atoms with Crippen molar-refractivity contribution in [1.82, 2.24) is 14.7 Å². The molecule has 0 atom stereocenters. The van der Waals surface area contributed by atoms with Crippen molar-refractivity contribution in [1.29, 1.82) is 0 Å². The monoisotopic (exact) mass is 353 g/mol. The average Bonchev–Trinajstić information content (AvgIpc) is 3.37. The fourth-order valence-corrected chi connectivity index (χ4v) is 2.92. The van der Waals surface area contributed by atoms with Gasteiger partial charge in [-0.3, -0.25) is 4.79 Å². The van der Waals surface area contributed by atoms with Crippen LogP contribution < -0.4 is 0 Å². The van der Waals surface area contributed by atoms with E-state index in [1.807, 2.05) is 0 Å². The standard InChI is InChI=1S/C20H17F2N3O/c21-16-6-2-1-5-14(16)13-24(15-9-10-15)20(26)18-11-12-25(23-18)19-8-4-3-7-17(19)22/h1-8,11-12,15H,9-10,13H2. The lowest BCUT2D eigenvalue weighted by molar-refractivity contribution is 0.0721. The Morgan fingerprint density at radius 1 is 1.04 bits per heavy atom. The van der Waals surface area contributed by atoms with Crippen LogP contribution in [0.15, 0.2) is 60.8 Å². The summed E-state index contributed by atoms with van der Waals surface area (Å²) in [5.41, 5.74) is 0.969. The van der Waals surface area contributed by atoms with E-state index in [0.29, 0.717) is 5.56 Å². The van der Waals surface area contributed by atoms with Gasteiger partial charge in [0.15, 0.2) is 5.69 Å². The molecule has 0 unspecified atom stereocenters. The van der Waals surface area contributed by atoms with Crippen molar-refractivity contribution in [2.24, 2.45) is 0 Å². The molecule has 1 aliphatic carbocycles. The predicted molar refractivity (Wildman–Crippen MR) is 92.8 cm³/mol. The van der Waals surface area contributed by atoms with Crippen molar-refractivity contribution in [3.8, 4) is 5.69 Å². The molecule has 1 fully saturated rings. The third kappa shape index (κ3) is 3.22. The lowest BCUT2D eigenvalue weighted by Crippen LogP contribution is -2.33. The highest BCUT2D eigenvalue weighted by Crippen LogP contribution is 2.30. The quantitative estimate of drug-likeness (QED) is 0.696. The molecule has 2 aromatic carbocycles. The highest BCUT2D eigenvalue weighted by atomic mass is 19.1. The Labute approximate surface area is 149 Å². The van der Waals surface area contributed by atoms with Gasteiger partial charge < -0.3 is 4.90 Å². The van der Waals surface area contributed by atoms with Crippen molar-refractivity contribution >= 4 is 5.91 Å². The summed E-state index contributed by atoms with van der Waals surface area (Å²) < 4.78 is 29.2. The second kappa shape index (κ2) is 6.71. The smallest absolute Gasteiger partial charge is 0.274 e. The Morgan fingerprint density at radius 3 is 2.42 bits per heavy atom. The molecule has 1 aliphatic rings. The molecule has 6 heteroatoms. The van der Waals surface area contributed by atoms with Gasteiger partial charge >= 0.3 is 0 Å². The van der Waals surface area contributed by atoms with Crippen LogP contribution in [0.4, 0.5) is 8.78 Å². The zero-order chi connectivity index (χ0) is 18.1. The molecule has 4 rings (SSSR count). The van der Waals surface area contributed by atoms with Gasteiger partial charge in [-0.15, -0.1) is 0 Å². The molecule has 1 saturated carbocycles. The van der Waals surface area contributed by atoms with E-state index in [2.05, 4.69) is 5.10 Å². The Kier molecular flexibility index (Phi) is 4.24. The number of hydrogen-bond acceptors (Lipinski definition) is 2. The number of halogens is 2. The van der Waals surface area contributed by atoms with Gasteiger partial charge in [0, 0.05) is 24.3 Å². The van der Waals surface area contributed by atoms with Crippen LogP contribution in [0, 0.1) is 11.6 Å². The zero-order valence-electron chi connectivity index (χ0n) is 14.0. The van der Waals surface area contributed by atoms with E-state index in [4.69, 9.17) is 0 Å². The van der Waals surface area contributed by atoms with Gasteiger partial charge in [-0.2, -0.15) is 5.10 Å². The van der Waals surface area contributed by atoms with Crippen LogP contribution in [0.3, 0.4) is 0 Å². The van der Waals surface area contributed by atoms with Gasteiger partial charge in [0.25, 0.3) is 5.91 Å². The topological polar surface area (TPSA) is 38.1 Å². The minimum atomic E-state index is -0.417. The van der Waals surface area contributed by atoms with E-state index in [1.54, 1.807) is 53.6 Å². The maximum atomic E-state index is 14.0. The van der Waals surface area contributed by atoms with Crippen molar-refractivity contribution in [2.75, 3.05) is 0 Å². The fraction of sp³-hybridized carbons (Fsp3) is 0.200. The maximum absolute atomic E-state index is 14.0.